The molecule has 0 spiro atoms. The van der Waals surface area contributed by atoms with Crippen LogP contribution in [0.25, 0.3) is 12.3 Å². The number of carbonyl (C=O) groups is 4. The number of hydrogen-bond donors (Lipinski definition) is 0. The molecule has 0 unspecified atom stereocenters. The molecule has 0 aliphatic carbocycles. The maximum Gasteiger partial charge on any atom is 0.280 e. The summed E-state index contributed by atoms with van der Waals surface area (Å²) in [5, 5.41) is 2.74. The summed E-state index contributed by atoms with van der Waals surface area (Å²) in [6.45, 7) is 0.165. The van der Waals surface area contributed by atoms with Crippen LogP contribution < -0.4 is 9.75 Å². The lowest BCUT2D eigenvalue weighted by Gasteiger charge is -2.32. The maximum atomic E-state index is 13.4. The van der Waals surface area contributed by atoms with Crippen LogP contribution in [-0.4, -0.2) is 62.4 Å². The Morgan fingerprint density at radius 2 is 1.71 bits per heavy atom. The Kier molecular flexibility index (Phi) is 5.96. The molecule has 0 N–H and O–H groups in total. The van der Waals surface area contributed by atoms with Crippen molar-refractivity contribution >= 4 is 47.3 Å². The second kappa shape index (κ2) is 9.22. The van der Waals surface area contributed by atoms with Crippen LogP contribution in [0.3, 0.4) is 0 Å². The normalized spacial score (nSPS) is 14.2. The van der Waals surface area contributed by atoms with Crippen molar-refractivity contribution in [1.29, 1.82) is 0 Å². The SMILES string of the molecule is O=C(CCN(C(=O)CN1C=c2cnsc2=CC1)N1C(=O)c2ccccc2C1=O)c1ccc(F)cc1. The minimum atomic E-state index is -0.619. The first kappa shape index (κ1) is 22.6. The molecule has 8 nitrogen and oxygen atoms in total. The van der Waals surface area contributed by atoms with E-state index < -0.39 is 23.5 Å². The minimum Gasteiger partial charge on any atom is -0.364 e. The van der Waals surface area contributed by atoms with Crippen molar-refractivity contribution in [2.75, 3.05) is 19.6 Å². The van der Waals surface area contributed by atoms with Crippen molar-refractivity contribution in [2.24, 2.45) is 0 Å². The van der Waals surface area contributed by atoms with Crippen LogP contribution >= 0.6 is 11.5 Å². The third-order valence-electron chi connectivity index (χ3n) is 5.82. The van der Waals surface area contributed by atoms with Crippen LogP contribution in [0.15, 0.2) is 54.7 Å². The number of hydrazine groups is 1. The molecule has 3 aromatic rings. The molecule has 176 valence electrons. The molecule has 10 heteroatoms. The number of carbonyl (C=O) groups excluding carboxylic acids is 4. The van der Waals surface area contributed by atoms with Crippen LogP contribution in [-0.2, 0) is 4.79 Å². The highest BCUT2D eigenvalue weighted by Crippen LogP contribution is 2.25. The molecule has 35 heavy (non-hydrogen) atoms. The summed E-state index contributed by atoms with van der Waals surface area (Å²) in [5.74, 6) is -2.56. The highest BCUT2D eigenvalue weighted by atomic mass is 32.1. The van der Waals surface area contributed by atoms with Gasteiger partial charge in [-0.15, -0.1) is 0 Å². The van der Waals surface area contributed by atoms with E-state index in [9.17, 15) is 23.6 Å². The smallest absolute Gasteiger partial charge is 0.280 e. The van der Waals surface area contributed by atoms with E-state index in [1.807, 2.05) is 6.08 Å². The van der Waals surface area contributed by atoms with Crippen molar-refractivity contribution in [2.45, 2.75) is 6.42 Å². The predicted molar refractivity (Wildman–Crippen MR) is 126 cm³/mol. The number of Topliss-reactive ketones (excluding diaryl/α,β-unsaturated/α-hetero) is 1. The van der Waals surface area contributed by atoms with Gasteiger partial charge in [0.05, 0.1) is 28.7 Å². The molecule has 5 rings (SSSR count). The molecule has 0 saturated carbocycles. The second-order valence-corrected chi connectivity index (χ2v) is 8.91. The number of rotatable bonds is 7. The number of hydrogen-bond acceptors (Lipinski definition) is 7. The quantitative estimate of drug-likeness (QED) is 0.368. The molecular weight excluding hydrogens is 471 g/mol. The number of amides is 3. The van der Waals surface area contributed by atoms with Crippen LogP contribution in [0, 0.1) is 5.82 Å². The Labute approximate surface area is 203 Å². The van der Waals surface area contributed by atoms with Gasteiger partial charge in [-0.25, -0.2) is 9.40 Å². The molecule has 2 aromatic carbocycles. The molecule has 3 amide bonds. The van der Waals surface area contributed by atoms with Gasteiger partial charge in [0.2, 0.25) is 0 Å². The zero-order chi connectivity index (χ0) is 24.5. The van der Waals surface area contributed by atoms with Gasteiger partial charge in [-0.3, -0.25) is 19.2 Å². The van der Waals surface area contributed by atoms with Crippen LogP contribution in [0.5, 0.6) is 0 Å². The van der Waals surface area contributed by atoms with Gasteiger partial charge in [0.25, 0.3) is 17.7 Å². The number of fused-ring (bicyclic) bond motifs is 2. The van der Waals surface area contributed by atoms with Gasteiger partial charge < -0.3 is 4.90 Å². The first-order valence-electron chi connectivity index (χ1n) is 10.9. The molecule has 0 saturated heterocycles. The van der Waals surface area contributed by atoms with E-state index in [-0.39, 0.29) is 42.0 Å². The van der Waals surface area contributed by atoms with Crippen molar-refractivity contribution in [3.8, 4) is 0 Å². The van der Waals surface area contributed by atoms with Gasteiger partial charge in [0.15, 0.2) is 5.78 Å². The van der Waals surface area contributed by atoms with Gasteiger partial charge in [0.1, 0.15) is 5.82 Å². The largest absolute Gasteiger partial charge is 0.364 e. The summed E-state index contributed by atoms with van der Waals surface area (Å²) in [5.41, 5.74) is 0.677. The second-order valence-electron chi connectivity index (χ2n) is 8.07. The third kappa shape index (κ3) is 4.35. The fourth-order valence-electron chi connectivity index (χ4n) is 4.04. The molecule has 0 atom stereocenters. The Bertz CT molecular complexity index is 1430. The Morgan fingerprint density at radius 3 is 2.40 bits per heavy atom. The molecule has 2 aliphatic heterocycles. The topological polar surface area (TPSA) is 90.9 Å². The fourth-order valence-corrected chi connectivity index (χ4v) is 4.68. The average Bonchev–Trinajstić information content (AvgIpc) is 3.43. The molecule has 0 fully saturated rings. The van der Waals surface area contributed by atoms with Crippen LogP contribution in [0.4, 0.5) is 4.39 Å². The first-order valence-corrected chi connectivity index (χ1v) is 11.6. The molecule has 2 aliphatic rings. The lowest BCUT2D eigenvalue weighted by atomic mass is 10.1. The van der Waals surface area contributed by atoms with Crippen molar-refractivity contribution in [3.63, 3.8) is 0 Å². The van der Waals surface area contributed by atoms with E-state index in [2.05, 4.69) is 4.37 Å². The van der Waals surface area contributed by atoms with E-state index in [0.29, 0.717) is 6.54 Å². The minimum absolute atomic E-state index is 0.107. The monoisotopic (exact) mass is 490 g/mol. The van der Waals surface area contributed by atoms with Gasteiger partial charge >= 0.3 is 0 Å². The zero-order valence-electron chi connectivity index (χ0n) is 18.4. The Balaban J connectivity index is 1.39. The van der Waals surface area contributed by atoms with Crippen molar-refractivity contribution in [3.05, 3.63) is 87.0 Å². The van der Waals surface area contributed by atoms with E-state index >= 15 is 0 Å². The lowest BCUT2D eigenvalue weighted by molar-refractivity contribution is -0.141. The zero-order valence-corrected chi connectivity index (χ0v) is 19.2. The number of halogens is 1. The summed E-state index contributed by atoms with van der Waals surface area (Å²) in [7, 11) is 0. The summed E-state index contributed by atoms with van der Waals surface area (Å²) in [6, 6.07) is 11.4. The summed E-state index contributed by atoms with van der Waals surface area (Å²) >= 11 is 1.36. The Hall–Kier alpha value is -4.18. The van der Waals surface area contributed by atoms with E-state index in [0.717, 1.165) is 19.8 Å². The van der Waals surface area contributed by atoms with Crippen molar-refractivity contribution < 1.29 is 23.6 Å². The molecular formula is C25H19FN4O4S. The van der Waals surface area contributed by atoms with Crippen molar-refractivity contribution in [1.82, 2.24) is 19.3 Å². The summed E-state index contributed by atoms with van der Waals surface area (Å²) in [4.78, 5) is 54.0. The first-order chi connectivity index (χ1) is 16.9. The maximum absolute atomic E-state index is 13.4. The number of ketones is 1. The van der Waals surface area contributed by atoms with Gasteiger partial charge in [-0.05, 0) is 54.0 Å². The van der Waals surface area contributed by atoms with Gasteiger partial charge in [-0.2, -0.15) is 9.38 Å². The molecule has 3 heterocycles. The van der Waals surface area contributed by atoms with E-state index in [1.165, 1.54) is 47.9 Å². The summed E-state index contributed by atoms with van der Waals surface area (Å²) in [6.07, 6.45) is 5.31. The van der Waals surface area contributed by atoms with Crippen LogP contribution in [0.1, 0.15) is 37.5 Å². The van der Waals surface area contributed by atoms with Crippen LogP contribution in [0.2, 0.25) is 0 Å². The van der Waals surface area contributed by atoms with Gasteiger partial charge in [0, 0.05) is 36.1 Å². The molecule has 0 radical (unpaired) electrons. The highest BCUT2D eigenvalue weighted by molar-refractivity contribution is 7.03. The van der Waals surface area contributed by atoms with Gasteiger partial charge in [-0.1, -0.05) is 12.1 Å². The standard InChI is InChI=1S/C25H19FN4O4S/c26-18-7-5-16(6-8-18)21(31)9-12-29(30-24(33)19-3-1-2-4-20(19)25(30)34)23(32)15-28-11-10-22-17(14-28)13-27-35-22/h1-8,10,13-14H,9,11-12,15H2. The average molecular weight is 491 g/mol. The Morgan fingerprint density at radius 1 is 1.03 bits per heavy atom. The van der Waals surface area contributed by atoms with E-state index in [1.54, 1.807) is 29.4 Å². The fraction of sp³-hybridized carbons (Fsp3) is 0.160. The number of benzene rings is 2. The predicted octanol–water partition coefficient (Wildman–Crippen LogP) is 1.43. The number of imide groups is 1. The third-order valence-corrected chi connectivity index (χ3v) is 6.63. The summed E-state index contributed by atoms with van der Waals surface area (Å²) < 4.78 is 18.4. The number of nitrogens with zero attached hydrogens (tertiary/aromatic N) is 4. The molecule has 0 bridgehead atoms. The number of aromatic nitrogens is 1. The lowest BCUT2D eigenvalue weighted by Crippen LogP contribution is -2.53. The molecule has 1 aromatic heterocycles. The highest BCUT2D eigenvalue weighted by Gasteiger charge is 2.41. The van der Waals surface area contributed by atoms with E-state index in [4.69, 9.17) is 0 Å².